The van der Waals surface area contributed by atoms with Gasteiger partial charge < -0.3 is 14.7 Å². The van der Waals surface area contributed by atoms with E-state index in [1.54, 1.807) is 18.3 Å². The quantitative estimate of drug-likeness (QED) is 0.524. The Morgan fingerprint density at radius 3 is 2.84 bits per heavy atom. The lowest BCUT2D eigenvalue weighted by molar-refractivity contribution is -0.125. The molecule has 1 saturated heterocycles. The van der Waals surface area contributed by atoms with Crippen molar-refractivity contribution in [3.63, 3.8) is 0 Å². The van der Waals surface area contributed by atoms with Crippen LogP contribution >= 0.6 is 0 Å². The summed E-state index contributed by atoms with van der Waals surface area (Å²) in [5, 5.41) is 7.08. The van der Waals surface area contributed by atoms with Crippen molar-refractivity contribution in [1.29, 1.82) is 0 Å². The maximum Gasteiger partial charge on any atom is 0.261 e. The summed E-state index contributed by atoms with van der Waals surface area (Å²) in [5.41, 5.74) is 1.28. The second-order valence-electron chi connectivity index (χ2n) is 8.07. The van der Waals surface area contributed by atoms with E-state index < -0.39 is 0 Å². The van der Waals surface area contributed by atoms with Gasteiger partial charge in [-0.15, -0.1) is 0 Å². The molecular formula is C24H28FN5O2. The van der Waals surface area contributed by atoms with Crippen LogP contribution in [0.4, 0.5) is 10.2 Å². The Hall–Kier alpha value is -3.29. The molecule has 0 saturated carbocycles. The highest BCUT2D eigenvalue weighted by Gasteiger charge is 2.27. The molecule has 3 heterocycles. The van der Waals surface area contributed by atoms with E-state index in [1.807, 2.05) is 12.1 Å². The first-order valence-electron chi connectivity index (χ1n) is 11.2. The zero-order valence-electron chi connectivity index (χ0n) is 18.3. The van der Waals surface area contributed by atoms with Crippen LogP contribution in [0.2, 0.25) is 0 Å². The minimum atomic E-state index is -0.354. The fourth-order valence-electron chi connectivity index (χ4n) is 3.98. The monoisotopic (exact) mass is 437 g/mol. The van der Waals surface area contributed by atoms with Crippen LogP contribution in [0.25, 0.3) is 22.8 Å². The van der Waals surface area contributed by atoms with Crippen molar-refractivity contribution in [3.8, 4) is 22.8 Å². The van der Waals surface area contributed by atoms with Crippen LogP contribution in [0.5, 0.6) is 0 Å². The summed E-state index contributed by atoms with van der Waals surface area (Å²) in [6.45, 7) is 4.35. The maximum atomic E-state index is 13.5. The second-order valence-corrected chi connectivity index (χ2v) is 8.07. The molecule has 7 nitrogen and oxygen atoms in total. The molecular weight excluding hydrogens is 409 g/mol. The lowest BCUT2D eigenvalue weighted by Crippen LogP contribution is -2.41. The van der Waals surface area contributed by atoms with Gasteiger partial charge in [-0.05, 0) is 43.5 Å². The summed E-state index contributed by atoms with van der Waals surface area (Å²) in [6.07, 6.45) is 6.58. The zero-order valence-corrected chi connectivity index (χ0v) is 18.3. The summed E-state index contributed by atoms with van der Waals surface area (Å²) < 4.78 is 19.0. The molecule has 1 N–H and O–H groups in total. The van der Waals surface area contributed by atoms with Crippen molar-refractivity contribution in [2.75, 3.05) is 24.5 Å². The fraction of sp³-hybridized carbons (Fsp3) is 0.417. The third kappa shape index (κ3) is 5.12. The van der Waals surface area contributed by atoms with Gasteiger partial charge in [-0.25, -0.2) is 9.37 Å². The number of hydrogen-bond acceptors (Lipinski definition) is 6. The molecule has 1 fully saturated rings. The number of piperidine rings is 1. The lowest BCUT2D eigenvalue weighted by Gasteiger charge is -2.32. The highest BCUT2D eigenvalue weighted by atomic mass is 19.1. The number of aromatic nitrogens is 3. The Bertz CT molecular complexity index is 1050. The molecule has 4 rings (SSSR count). The molecule has 1 aliphatic heterocycles. The van der Waals surface area contributed by atoms with Gasteiger partial charge in [0.1, 0.15) is 11.6 Å². The Morgan fingerprint density at radius 1 is 1.22 bits per heavy atom. The molecule has 32 heavy (non-hydrogen) atoms. The van der Waals surface area contributed by atoms with Gasteiger partial charge in [0.2, 0.25) is 11.7 Å². The topological polar surface area (TPSA) is 84.2 Å². The van der Waals surface area contributed by atoms with Crippen LogP contribution in [0.3, 0.4) is 0 Å². The highest BCUT2D eigenvalue weighted by Crippen LogP contribution is 2.32. The van der Waals surface area contributed by atoms with Gasteiger partial charge in [0.05, 0.1) is 5.56 Å². The molecule has 168 valence electrons. The van der Waals surface area contributed by atoms with Crippen LogP contribution in [0.1, 0.15) is 39.0 Å². The number of pyridine rings is 1. The molecule has 0 bridgehead atoms. The van der Waals surface area contributed by atoms with E-state index in [4.69, 9.17) is 4.52 Å². The smallest absolute Gasteiger partial charge is 0.261 e. The first-order chi connectivity index (χ1) is 15.7. The number of hydrogen-bond donors (Lipinski definition) is 1. The predicted octanol–water partition coefficient (Wildman–Crippen LogP) is 4.46. The van der Waals surface area contributed by atoms with Gasteiger partial charge in [-0.3, -0.25) is 4.79 Å². The molecule has 8 heteroatoms. The summed E-state index contributed by atoms with van der Waals surface area (Å²) in [6, 6.07) is 9.80. The van der Waals surface area contributed by atoms with E-state index in [9.17, 15) is 9.18 Å². The predicted molar refractivity (Wildman–Crippen MR) is 120 cm³/mol. The molecule has 0 atom stereocenters. The van der Waals surface area contributed by atoms with Crippen molar-refractivity contribution in [3.05, 3.63) is 48.4 Å². The SMILES string of the molecule is CCCCCNC(=O)C1CCN(c2ncccc2-c2nc(-c3cccc(F)c3)no2)CC1. The molecule has 2 aromatic heterocycles. The number of nitrogens with zero attached hydrogens (tertiary/aromatic N) is 4. The van der Waals surface area contributed by atoms with Crippen molar-refractivity contribution in [1.82, 2.24) is 20.4 Å². The molecule has 1 aliphatic rings. The average Bonchev–Trinajstić information content (AvgIpc) is 3.32. The van der Waals surface area contributed by atoms with Gasteiger partial charge in [0.15, 0.2) is 0 Å². The van der Waals surface area contributed by atoms with Crippen molar-refractivity contribution < 1.29 is 13.7 Å². The average molecular weight is 438 g/mol. The zero-order chi connectivity index (χ0) is 22.3. The van der Waals surface area contributed by atoms with E-state index in [-0.39, 0.29) is 17.6 Å². The number of unbranched alkanes of at least 4 members (excludes halogenated alkanes) is 2. The van der Waals surface area contributed by atoms with Gasteiger partial charge >= 0.3 is 0 Å². The Kier molecular flexibility index (Phi) is 7.09. The minimum Gasteiger partial charge on any atom is -0.356 e. The normalized spacial score (nSPS) is 14.5. The molecule has 1 aromatic carbocycles. The number of anilines is 1. The lowest BCUT2D eigenvalue weighted by atomic mass is 9.95. The van der Waals surface area contributed by atoms with Crippen LogP contribution < -0.4 is 10.2 Å². The van der Waals surface area contributed by atoms with E-state index >= 15 is 0 Å². The Balaban J connectivity index is 1.43. The summed E-state index contributed by atoms with van der Waals surface area (Å²) >= 11 is 0. The number of benzene rings is 1. The van der Waals surface area contributed by atoms with Crippen molar-refractivity contribution in [2.24, 2.45) is 5.92 Å². The number of carbonyl (C=O) groups is 1. The first kappa shape index (κ1) is 21.9. The van der Waals surface area contributed by atoms with E-state index in [0.717, 1.165) is 63.1 Å². The van der Waals surface area contributed by atoms with Gasteiger partial charge in [-0.1, -0.05) is 37.1 Å². The molecule has 0 spiro atoms. The number of amides is 1. The molecule has 0 unspecified atom stereocenters. The van der Waals surface area contributed by atoms with Gasteiger partial charge in [0, 0.05) is 37.3 Å². The minimum absolute atomic E-state index is 0.0306. The Morgan fingerprint density at radius 2 is 2.06 bits per heavy atom. The van der Waals surface area contributed by atoms with E-state index in [2.05, 4.69) is 32.3 Å². The van der Waals surface area contributed by atoms with E-state index in [0.29, 0.717) is 17.3 Å². The van der Waals surface area contributed by atoms with Crippen LogP contribution in [0.15, 0.2) is 47.1 Å². The standard InChI is InChI=1S/C24H28FN5O2/c1-2-3-4-12-27-23(31)17-10-14-30(15-11-17)22-20(9-6-13-26-22)24-28-21(29-32-24)18-7-5-8-19(25)16-18/h5-9,13,16-17H,2-4,10-12,14-15H2,1H3,(H,27,31). The molecule has 0 radical (unpaired) electrons. The number of nitrogens with one attached hydrogen (secondary N) is 1. The van der Waals surface area contributed by atoms with Crippen LogP contribution in [0, 0.1) is 11.7 Å². The Labute approximate surface area is 187 Å². The summed E-state index contributed by atoms with van der Waals surface area (Å²) in [7, 11) is 0. The number of halogens is 1. The third-order valence-corrected chi connectivity index (χ3v) is 5.77. The number of rotatable bonds is 8. The largest absolute Gasteiger partial charge is 0.356 e. The van der Waals surface area contributed by atoms with Gasteiger partial charge in [-0.2, -0.15) is 4.98 Å². The van der Waals surface area contributed by atoms with E-state index in [1.165, 1.54) is 12.1 Å². The first-order valence-corrected chi connectivity index (χ1v) is 11.2. The van der Waals surface area contributed by atoms with Crippen molar-refractivity contribution in [2.45, 2.75) is 39.0 Å². The van der Waals surface area contributed by atoms with Crippen LogP contribution in [-0.4, -0.2) is 40.7 Å². The fourth-order valence-corrected chi connectivity index (χ4v) is 3.98. The maximum absolute atomic E-state index is 13.5. The molecule has 0 aliphatic carbocycles. The van der Waals surface area contributed by atoms with Crippen molar-refractivity contribution >= 4 is 11.7 Å². The number of carbonyl (C=O) groups excluding carboxylic acids is 1. The molecule has 3 aromatic rings. The third-order valence-electron chi connectivity index (χ3n) is 5.77. The van der Waals surface area contributed by atoms with Crippen LogP contribution in [-0.2, 0) is 4.79 Å². The highest BCUT2D eigenvalue weighted by molar-refractivity contribution is 5.79. The summed E-state index contributed by atoms with van der Waals surface area (Å²) in [5.74, 6) is 1.24. The molecule has 1 amide bonds. The van der Waals surface area contributed by atoms with Gasteiger partial charge in [0.25, 0.3) is 5.89 Å². The summed E-state index contributed by atoms with van der Waals surface area (Å²) in [4.78, 5) is 23.6. The second kappa shape index (κ2) is 10.3.